The van der Waals surface area contributed by atoms with Crippen LogP contribution in [0.5, 0.6) is 0 Å². The number of terminal acetylenes is 1. The van der Waals surface area contributed by atoms with Crippen molar-refractivity contribution in [2.24, 2.45) is 0 Å². The first-order valence-corrected chi connectivity index (χ1v) is 5.87. The molecule has 2 rings (SSSR count). The maximum atomic E-state index is 11.3. The number of anilines is 1. The summed E-state index contributed by atoms with van der Waals surface area (Å²) >= 11 is 0. The third kappa shape index (κ3) is 2.83. The van der Waals surface area contributed by atoms with Crippen LogP contribution in [-0.4, -0.2) is 41.9 Å². The minimum atomic E-state index is -0.423. The highest BCUT2D eigenvalue weighted by atomic mass is 16.6. The lowest BCUT2D eigenvalue weighted by atomic mass is 10.2. The molecule has 1 aromatic carbocycles. The van der Waals surface area contributed by atoms with E-state index in [4.69, 9.17) is 6.42 Å². The molecule has 98 valence electrons. The minimum Gasteiger partial charge on any atom is -0.368 e. The predicted octanol–water partition coefficient (Wildman–Crippen LogP) is 0.877. The van der Waals surface area contributed by atoms with Gasteiger partial charge in [-0.3, -0.25) is 14.9 Å². The van der Waals surface area contributed by atoms with Gasteiger partial charge in [-0.05, 0) is 18.1 Å². The number of benzene rings is 1. The number of amides is 1. The van der Waals surface area contributed by atoms with E-state index in [1.807, 2.05) is 0 Å². The first-order chi connectivity index (χ1) is 9.11. The monoisotopic (exact) mass is 259 g/mol. The van der Waals surface area contributed by atoms with Gasteiger partial charge in [0.2, 0.25) is 0 Å². The standard InChI is InChI=1S/C13H13N3O3/c1-2-13(17)15-9-7-14(8-10-15)11-3-5-12(6-4-11)16(18)19/h1,3-6H,7-10H2. The molecule has 1 heterocycles. The zero-order valence-electron chi connectivity index (χ0n) is 10.3. The molecule has 19 heavy (non-hydrogen) atoms. The lowest BCUT2D eigenvalue weighted by molar-refractivity contribution is -0.384. The molecule has 0 spiro atoms. The van der Waals surface area contributed by atoms with Gasteiger partial charge in [0.1, 0.15) is 0 Å². The molecule has 0 N–H and O–H groups in total. The van der Waals surface area contributed by atoms with Gasteiger partial charge in [-0.2, -0.15) is 0 Å². The van der Waals surface area contributed by atoms with Crippen molar-refractivity contribution >= 4 is 17.3 Å². The molecule has 1 aliphatic rings. The summed E-state index contributed by atoms with van der Waals surface area (Å²) in [5.74, 6) is 1.81. The molecule has 0 aliphatic carbocycles. The van der Waals surface area contributed by atoms with Crippen molar-refractivity contribution in [2.75, 3.05) is 31.1 Å². The molecule has 6 heteroatoms. The van der Waals surface area contributed by atoms with Crippen LogP contribution in [0.4, 0.5) is 11.4 Å². The van der Waals surface area contributed by atoms with Crippen LogP contribution in [0.15, 0.2) is 24.3 Å². The Bertz CT molecular complexity index is 525. The second-order valence-electron chi connectivity index (χ2n) is 4.20. The molecular weight excluding hydrogens is 246 g/mol. The molecule has 0 saturated carbocycles. The smallest absolute Gasteiger partial charge is 0.298 e. The van der Waals surface area contributed by atoms with E-state index in [0.717, 1.165) is 5.69 Å². The number of carbonyl (C=O) groups excluding carboxylic acids is 1. The maximum Gasteiger partial charge on any atom is 0.298 e. The SMILES string of the molecule is C#CC(=O)N1CCN(c2ccc([N+](=O)[O-])cc2)CC1. The van der Waals surface area contributed by atoms with E-state index in [1.165, 1.54) is 12.1 Å². The first kappa shape index (κ1) is 12.9. The molecule has 6 nitrogen and oxygen atoms in total. The molecule has 0 unspecified atom stereocenters. The number of nitrogens with zero attached hydrogens (tertiary/aromatic N) is 3. The van der Waals surface area contributed by atoms with Crippen molar-refractivity contribution in [3.63, 3.8) is 0 Å². The molecule has 0 bridgehead atoms. The Labute approximate surface area is 110 Å². The van der Waals surface area contributed by atoms with Crippen molar-refractivity contribution in [2.45, 2.75) is 0 Å². The molecule has 1 aliphatic heterocycles. The average Bonchev–Trinajstić information content (AvgIpc) is 2.46. The van der Waals surface area contributed by atoms with Crippen molar-refractivity contribution in [3.05, 3.63) is 34.4 Å². The van der Waals surface area contributed by atoms with E-state index < -0.39 is 4.92 Å². The molecule has 1 aromatic rings. The molecule has 1 fully saturated rings. The van der Waals surface area contributed by atoms with Crippen LogP contribution in [0.1, 0.15) is 0 Å². The fourth-order valence-corrected chi connectivity index (χ4v) is 2.04. The molecule has 1 saturated heterocycles. The van der Waals surface area contributed by atoms with E-state index in [-0.39, 0.29) is 11.6 Å². The summed E-state index contributed by atoms with van der Waals surface area (Å²) in [6.45, 7) is 2.48. The predicted molar refractivity (Wildman–Crippen MR) is 70.7 cm³/mol. The van der Waals surface area contributed by atoms with Gasteiger partial charge in [0, 0.05) is 44.0 Å². The highest BCUT2D eigenvalue weighted by Crippen LogP contribution is 2.20. The molecule has 0 aromatic heterocycles. The number of hydrogen-bond donors (Lipinski definition) is 0. The van der Waals surface area contributed by atoms with E-state index in [2.05, 4.69) is 10.8 Å². The molecule has 0 atom stereocenters. The van der Waals surface area contributed by atoms with Crippen LogP contribution in [0.25, 0.3) is 0 Å². The zero-order valence-corrected chi connectivity index (χ0v) is 10.3. The Hall–Kier alpha value is -2.55. The lowest BCUT2D eigenvalue weighted by Crippen LogP contribution is -2.48. The van der Waals surface area contributed by atoms with Gasteiger partial charge in [-0.15, -0.1) is 6.42 Å². The summed E-state index contributed by atoms with van der Waals surface area (Å²) in [4.78, 5) is 25.2. The van der Waals surface area contributed by atoms with Gasteiger partial charge in [0.15, 0.2) is 0 Å². The quantitative estimate of drug-likeness (QED) is 0.449. The lowest BCUT2D eigenvalue weighted by Gasteiger charge is -2.35. The third-order valence-corrected chi connectivity index (χ3v) is 3.12. The number of piperazine rings is 1. The van der Waals surface area contributed by atoms with Gasteiger partial charge in [0.25, 0.3) is 11.6 Å². The number of hydrogen-bond acceptors (Lipinski definition) is 4. The van der Waals surface area contributed by atoms with Crippen molar-refractivity contribution in [1.82, 2.24) is 4.90 Å². The molecular formula is C13H13N3O3. The van der Waals surface area contributed by atoms with Gasteiger partial charge < -0.3 is 9.80 Å². The fraction of sp³-hybridized carbons (Fsp3) is 0.308. The average molecular weight is 259 g/mol. The Balaban J connectivity index is 2.00. The van der Waals surface area contributed by atoms with E-state index >= 15 is 0 Å². The topological polar surface area (TPSA) is 66.7 Å². The summed E-state index contributed by atoms with van der Waals surface area (Å²) in [6, 6.07) is 6.40. The van der Waals surface area contributed by atoms with Crippen LogP contribution >= 0.6 is 0 Å². The summed E-state index contributed by atoms with van der Waals surface area (Å²) in [7, 11) is 0. The van der Waals surface area contributed by atoms with Crippen molar-refractivity contribution in [1.29, 1.82) is 0 Å². The Morgan fingerprint density at radius 3 is 2.26 bits per heavy atom. The van der Waals surface area contributed by atoms with Gasteiger partial charge in [-0.25, -0.2) is 0 Å². The normalized spacial score (nSPS) is 14.9. The van der Waals surface area contributed by atoms with Crippen LogP contribution in [0.2, 0.25) is 0 Å². The minimum absolute atomic E-state index is 0.0740. The van der Waals surface area contributed by atoms with E-state index in [0.29, 0.717) is 26.2 Å². The Kier molecular flexibility index (Phi) is 3.66. The van der Waals surface area contributed by atoms with Crippen LogP contribution in [0.3, 0.4) is 0 Å². The number of nitro benzene ring substituents is 1. The number of nitro groups is 1. The summed E-state index contributed by atoms with van der Waals surface area (Å²) in [5, 5.41) is 10.6. The number of non-ortho nitro benzene ring substituents is 1. The first-order valence-electron chi connectivity index (χ1n) is 5.87. The van der Waals surface area contributed by atoms with Gasteiger partial charge in [0.05, 0.1) is 4.92 Å². The Morgan fingerprint density at radius 1 is 1.21 bits per heavy atom. The molecule has 1 amide bonds. The van der Waals surface area contributed by atoms with Crippen LogP contribution in [-0.2, 0) is 4.79 Å². The summed E-state index contributed by atoms with van der Waals surface area (Å²) in [5.41, 5.74) is 0.989. The fourth-order valence-electron chi connectivity index (χ4n) is 2.04. The van der Waals surface area contributed by atoms with E-state index in [9.17, 15) is 14.9 Å². The number of rotatable bonds is 2. The highest BCUT2D eigenvalue weighted by molar-refractivity contribution is 5.93. The van der Waals surface area contributed by atoms with Crippen molar-refractivity contribution < 1.29 is 9.72 Å². The van der Waals surface area contributed by atoms with Gasteiger partial charge in [-0.1, -0.05) is 0 Å². The highest BCUT2D eigenvalue weighted by Gasteiger charge is 2.20. The van der Waals surface area contributed by atoms with E-state index in [1.54, 1.807) is 17.0 Å². The third-order valence-electron chi connectivity index (χ3n) is 3.12. The number of carbonyl (C=O) groups is 1. The second kappa shape index (κ2) is 5.40. The Morgan fingerprint density at radius 2 is 1.79 bits per heavy atom. The van der Waals surface area contributed by atoms with Crippen LogP contribution in [0, 0.1) is 22.5 Å². The van der Waals surface area contributed by atoms with Gasteiger partial charge >= 0.3 is 0 Å². The second-order valence-corrected chi connectivity index (χ2v) is 4.20. The summed E-state index contributed by atoms with van der Waals surface area (Å²) < 4.78 is 0. The maximum absolute atomic E-state index is 11.3. The van der Waals surface area contributed by atoms with Crippen molar-refractivity contribution in [3.8, 4) is 12.3 Å². The largest absolute Gasteiger partial charge is 0.368 e. The van der Waals surface area contributed by atoms with Crippen LogP contribution < -0.4 is 4.90 Å². The summed E-state index contributed by atoms with van der Waals surface area (Å²) in [6.07, 6.45) is 5.07. The molecule has 0 radical (unpaired) electrons. The zero-order chi connectivity index (χ0) is 13.8.